The van der Waals surface area contributed by atoms with Crippen molar-refractivity contribution < 1.29 is 14.3 Å². The van der Waals surface area contributed by atoms with Gasteiger partial charge in [0.05, 0.1) is 18.4 Å². The summed E-state index contributed by atoms with van der Waals surface area (Å²) in [7, 11) is 1.31. The van der Waals surface area contributed by atoms with Crippen molar-refractivity contribution in [1.29, 1.82) is 0 Å². The number of thiophene rings is 1. The Morgan fingerprint density at radius 3 is 2.72 bits per heavy atom. The van der Waals surface area contributed by atoms with Gasteiger partial charge in [-0.1, -0.05) is 18.2 Å². The van der Waals surface area contributed by atoms with E-state index in [9.17, 15) is 9.59 Å². The molecule has 0 atom stereocenters. The fourth-order valence-corrected chi connectivity index (χ4v) is 3.31. The molecule has 2 aromatic carbocycles. The number of carbonyl (C=O) groups excluding carboxylic acids is 2. The zero-order chi connectivity index (χ0) is 17.8. The van der Waals surface area contributed by atoms with Crippen molar-refractivity contribution in [2.24, 2.45) is 0 Å². The molecule has 1 heterocycles. The Kier molecular flexibility index (Phi) is 4.95. The number of nitrogens with one attached hydrogen (secondary N) is 1. The lowest BCUT2D eigenvalue weighted by Gasteiger charge is -2.08. The number of fused-ring (bicyclic) bond motifs is 1. The lowest BCUT2D eigenvalue weighted by Crippen LogP contribution is -2.13. The van der Waals surface area contributed by atoms with Crippen LogP contribution in [0.2, 0.25) is 0 Å². The van der Waals surface area contributed by atoms with Crippen molar-refractivity contribution in [3.63, 3.8) is 0 Å². The van der Waals surface area contributed by atoms with Crippen LogP contribution < -0.4 is 5.32 Å². The fourth-order valence-electron chi connectivity index (χ4n) is 2.54. The molecule has 0 radical (unpaired) electrons. The van der Waals surface area contributed by atoms with E-state index in [1.54, 1.807) is 35.6 Å². The number of esters is 1. The van der Waals surface area contributed by atoms with E-state index < -0.39 is 5.97 Å². The van der Waals surface area contributed by atoms with Gasteiger partial charge in [-0.05, 0) is 59.2 Å². The molecule has 1 amide bonds. The SMILES string of the molecule is COC(=O)c1ccccc1NC(=O)/C=C(/C)c1ccc2sccc2c1. The number of benzene rings is 2. The predicted octanol–water partition coefficient (Wildman–Crippen LogP) is 4.73. The first-order chi connectivity index (χ1) is 12.1. The third kappa shape index (κ3) is 3.78. The Balaban J connectivity index is 1.81. The molecule has 25 heavy (non-hydrogen) atoms. The molecule has 126 valence electrons. The van der Waals surface area contributed by atoms with Crippen LogP contribution in [0.4, 0.5) is 5.69 Å². The van der Waals surface area contributed by atoms with E-state index in [0.29, 0.717) is 11.3 Å². The van der Waals surface area contributed by atoms with Gasteiger partial charge < -0.3 is 10.1 Å². The van der Waals surface area contributed by atoms with Gasteiger partial charge in [-0.3, -0.25) is 4.79 Å². The molecule has 0 spiro atoms. The predicted molar refractivity (Wildman–Crippen MR) is 102 cm³/mol. The number of para-hydroxylation sites is 1. The van der Waals surface area contributed by atoms with E-state index in [2.05, 4.69) is 23.5 Å². The van der Waals surface area contributed by atoms with Crippen molar-refractivity contribution in [3.05, 3.63) is 71.1 Å². The first-order valence-corrected chi connectivity index (χ1v) is 8.60. The first kappa shape index (κ1) is 16.9. The highest BCUT2D eigenvalue weighted by Gasteiger charge is 2.12. The standard InChI is InChI=1S/C20H17NO3S/c1-13(14-7-8-18-15(12-14)9-10-25-18)11-19(22)21-17-6-4-3-5-16(17)20(23)24-2/h3-12H,1-2H3,(H,21,22)/b13-11-. The highest BCUT2D eigenvalue weighted by atomic mass is 32.1. The number of methoxy groups -OCH3 is 1. The zero-order valence-electron chi connectivity index (χ0n) is 13.9. The van der Waals surface area contributed by atoms with Crippen molar-refractivity contribution in [2.45, 2.75) is 6.92 Å². The van der Waals surface area contributed by atoms with Gasteiger partial charge in [-0.15, -0.1) is 11.3 Å². The normalized spacial score (nSPS) is 11.4. The van der Waals surface area contributed by atoms with Gasteiger partial charge in [0.25, 0.3) is 0 Å². The van der Waals surface area contributed by atoms with Gasteiger partial charge in [-0.2, -0.15) is 0 Å². The van der Waals surface area contributed by atoms with E-state index in [-0.39, 0.29) is 5.91 Å². The Morgan fingerprint density at radius 2 is 1.92 bits per heavy atom. The summed E-state index contributed by atoms with van der Waals surface area (Å²) in [5.41, 5.74) is 2.59. The summed E-state index contributed by atoms with van der Waals surface area (Å²) in [4.78, 5) is 24.1. The van der Waals surface area contributed by atoms with E-state index in [4.69, 9.17) is 4.74 Å². The minimum atomic E-state index is -0.487. The van der Waals surface area contributed by atoms with Gasteiger partial charge in [0.1, 0.15) is 0 Å². The minimum Gasteiger partial charge on any atom is -0.465 e. The average molecular weight is 351 g/mol. The van der Waals surface area contributed by atoms with Crippen molar-refractivity contribution in [2.75, 3.05) is 12.4 Å². The number of amides is 1. The topological polar surface area (TPSA) is 55.4 Å². The molecule has 0 aliphatic heterocycles. The third-order valence-corrected chi connectivity index (χ3v) is 4.74. The summed E-state index contributed by atoms with van der Waals surface area (Å²) >= 11 is 1.69. The molecule has 3 aromatic rings. The summed E-state index contributed by atoms with van der Waals surface area (Å²) in [5.74, 6) is -0.779. The van der Waals surface area contributed by atoms with Gasteiger partial charge in [0.2, 0.25) is 5.91 Å². The number of hydrogen-bond donors (Lipinski definition) is 1. The zero-order valence-corrected chi connectivity index (χ0v) is 14.7. The number of ether oxygens (including phenoxy) is 1. The highest BCUT2D eigenvalue weighted by Crippen LogP contribution is 2.25. The molecule has 0 fully saturated rings. The molecule has 3 rings (SSSR count). The molecule has 0 aliphatic rings. The largest absolute Gasteiger partial charge is 0.465 e. The molecule has 1 N–H and O–H groups in total. The number of allylic oxidation sites excluding steroid dienone is 1. The van der Waals surface area contributed by atoms with Crippen LogP contribution in [0.3, 0.4) is 0 Å². The van der Waals surface area contributed by atoms with Crippen molar-refractivity contribution in [1.82, 2.24) is 0 Å². The highest BCUT2D eigenvalue weighted by molar-refractivity contribution is 7.17. The number of anilines is 1. The number of hydrogen-bond acceptors (Lipinski definition) is 4. The summed E-state index contributed by atoms with van der Waals surface area (Å²) in [6, 6.07) is 14.9. The third-order valence-electron chi connectivity index (χ3n) is 3.85. The second-order valence-electron chi connectivity index (χ2n) is 5.53. The molecule has 5 heteroatoms. The minimum absolute atomic E-state index is 0.292. The molecule has 0 saturated carbocycles. The molecular formula is C20H17NO3S. The first-order valence-electron chi connectivity index (χ1n) is 7.73. The van der Waals surface area contributed by atoms with Gasteiger partial charge in [0, 0.05) is 10.8 Å². The van der Waals surface area contributed by atoms with Gasteiger partial charge in [0.15, 0.2) is 0 Å². The van der Waals surface area contributed by atoms with Crippen molar-refractivity contribution in [3.8, 4) is 0 Å². The second kappa shape index (κ2) is 7.32. The monoisotopic (exact) mass is 351 g/mol. The Bertz CT molecular complexity index is 972. The molecule has 0 unspecified atom stereocenters. The van der Waals surface area contributed by atoms with E-state index in [1.807, 2.05) is 18.4 Å². The Hall–Kier alpha value is -2.92. The number of carbonyl (C=O) groups is 2. The Labute approximate surface area is 149 Å². The molecule has 4 nitrogen and oxygen atoms in total. The summed E-state index contributed by atoms with van der Waals surface area (Å²) in [6.45, 7) is 1.89. The smallest absolute Gasteiger partial charge is 0.339 e. The summed E-state index contributed by atoms with van der Waals surface area (Å²) < 4.78 is 5.95. The van der Waals surface area contributed by atoms with Crippen LogP contribution in [0.25, 0.3) is 15.7 Å². The van der Waals surface area contributed by atoms with Crippen LogP contribution in [0.5, 0.6) is 0 Å². The van der Waals surface area contributed by atoms with E-state index in [0.717, 1.165) is 16.5 Å². The average Bonchev–Trinajstić information content (AvgIpc) is 3.09. The lowest BCUT2D eigenvalue weighted by atomic mass is 10.1. The van der Waals surface area contributed by atoms with Crippen LogP contribution in [-0.4, -0.2) is 19.0 Å². The quantitative estimate of drug-likeness (QED) is 0.546. The molecule has 0 aliphatic carbocycles. The molecule has 0 bridgehead atoms. The van der Waals surface area contributed by atoms with Gasteiger partial charge in [-0.25, -0.2) is 4.79 Å². The van der Waals surface area contributed by atoms with E-state index >= 15 is 0 Å². The van der Waals surface area contributed by atoms with Crippen LogP contribution in [0.15, 0.2) is 60.0 Å². The van der Waals surface area contributed by atoms with Crippen LogP contribution in [0.1, 0.15) is 22.8 Å². The maximum atomic E-state index is 12.3. The van der Waals surface area contributed by atoms with Crippen molar-refractivity contribution >= 4 is 44.6 Å². The maximum Gasteiger partial charge on any atom is 0.339 e. The molecule has 0 saturated heterocycles. The Morgan fingerprint density at radius 1 is 1.12 bits per heavy atom. The fraction of sp³-hybridized carbons (Fsp3) is 0.100. The van der Waals surface area contributed by atoms with Crippen LogP contribution >= 0.6 is 11.3 Å². The number of rotatable bonds is 4. The molecular weight excluding hydrogens is 334 g/mol. The molecule has 1 aromatic heterocycles. The summed E-state index contributed by atoms with van der Waals surface area (Å²) in [5, 5.41) is 5.95. The summed E-state index contributed by atoms with van der Waals surface area (Å²) in [6.07, 6.45) is 1.53. The van der Waals surface area contributed by atoms with E-state index in [1.165, 1.54) is 17.9 Å². The van der Waals surface area contributed by atoms with Crippen LogP contribution in [0, 0.1) is 0 Å². The van der Waals surface area contributed by atoms with Crippen LogP contribution in [-0.2, 0) is 9.53 Å². The second-order valence-corrected chi connectivity index (χ2v) is 6.47. The lowest BCUT2D eigenvalue weighted by molar-refractivity contribution is -0.111. The maximum absolute atomic E-state index is 12.3. The van der Waals surface area contributed by atoms with Gasteiger partial charge >= 0.3 is 5.97 Å².